The number of hydrogen-bond acceptors (Lipinski definition) is 3. The SMILES string of the molecule is N[C@@H](CCSCc1cccc(Cl)c1Cl)C(=O)O. The first kappa shape index (κ1) is 14.6. The van der Waals surface area contributed by atoms with E-state index in [-0.39, 0.29) is 0 Å². The average molecular weight is 294 g/mol. The third kappa shape index (κ3) is 4.76. The minimum Gasteiger partial charge on any atom is -0.480 e. The van der Waals surface area contributed by atoms with Crippen LogP contribution in [0.1, 0.15) is 12.0 Å². The summed E-state index contributed by atoms with van der Waals surface area (Å²) in [5, 5.41) is 9.70. The average Bonchev–Trinajstić information content (AvgIpc) is 2.29. The van der Waals surface area contributed by atoms with E-state index in [1.165, 1.54) is 0 Å². The minimum atomic E-state index is -0.966. The Morgan fingerprint density at radius 2 is 2.18 bits per heavy atom. The number of rotatable bonds is 6. The molecule has 3 N–H and O–H groups in total. The lowest BCUT2D eigenvalue weighted by Gasteiger charge is -2.07. The van der Waals surface area contributed by atoms with Gasteiger partial charge in [0, 0.05) is 5.75 Å². The number of carboxylic acid groups (broad SMARTS) is 1. The number of benzene rings is 1. The van der Waals surface area contributed by atoms with E-state index < -0.39 is 12.0 Å². The van der Waals surface area contributed by atoms with Crippen LogP contribution in [0.3, 0.4) is 0 Å². The molecule has 6 heteroatoms. The first-order chi connectivity index (χ1) is 8.02. The third-order valence-electron chi connectivity index (χ3n) is 2.18. The molecule has 0 saturated carbocycles. The number of carbonyl (C=O) groups is 1. The Bertz CT molecular complexity index is 401. The molecule has 0 amide bonds. The number of hydrogen-bond donors (Lipinski definition) is 2. The lowest BCUT2D eigenvalue weighted by atomic mass is 10.2. The van der Waals surface area contributed by atoms with Gasteiger partial charge < -0.3 is 10.8 Å². The number of halogens is 2. The first-order valence-corrected chi connectivity index (χ1v) is 6.92. The second kappa shape index (κ2) is 7.11. The van der Waals surface area contributed by atoms with E-state index in [4.69, 9.17) is 34.0 Å². The predicted molar refractivity (Wildman–Crippen MR) is 72.9 cm³/mol. The molecule has 1 rings (SSSR count). The highest BCUT2D eigenvalue weighted by Gasteiger charge is 2.11. The topological polar surface area (TPSA) is 63.3 Å². The quantitative estimate of drug-likeness (QED) is 0.792. The zero-order valence-corrected chi connectivity index (χ0v) is 11.4. The fraction of sp³-hybridized carbons (Fsp3) is 0.364. The van der Waals surface area contributed by atoms with Crippen LogP contribution in [0.4, 0.5) is 0 Å². The molecule has 1 aromatic carbocycles. The van der Waals surface area contributed by atoms with Crippen molar-refractivity contribution < 1.29 is 9.90 Å². The van der Waals surface area contributed by atoms with Crippen molar-refractivity contribution in [3.63, 3.8) is 0 Å². The van der Waals surface area contributed by atoms with Crippen molar-refractivity contribution in [2.24, 2.45) is 5.73 Å². The Labute approximate surface area is 114 Å². The van der Waals surface area contributed by atoms with E-state index in [1.54, 1.807) is 17.8 Å². The summed E-state index contributed by atoms with van der Waals surface area (Å²) in [6, 6.07) is 4.68. The molecule has 0 heterocycles. The first-order valence-electron chi connectivity index (χ1n) is 5.01. The van der Waals surface area contributed by atoms with Gasteiger partial charge >= 0.3 is 5.97 Å². The number of thioether (sulfide) groups is 1. The highest BCUT2D eigenvalue weighted by molar-refractivity contribution is 7.98. The van der Waals surface area contributed by atoms with Crippen LogP contribution in [-0.2, 0) is 10.5 Å². The fourth-order valence-electron chi connectivity index (χ4n) is 1.18. The molecule has 1 atom stereocenters. The Morgan fingerprint density at radius 3 is 2.82 bits per heavy atom. The van der Waals surface area contributed by atoms with Crippen molar-refractivity contribution in [2.45, 2.75) is 18.2 Å². The van der Waals surface area contributed by atoms with Gasteiger partial charge in [0.05, 0.1) is 10.0 Å². The van der Waals surface area contributed by atoms with E-state index in [1.807, 2.05) is 12.1 Å². The molecule has 0 aliphatic heterocycles. The van der Waals surface area contributed by atoms with Crippen molar-refractivity contribution in [3.05, 3.63) is 33.8 Å². The molecular formula is C11H13Cl2NO2S. The van der Waals surface area contributed by atoms with Crippen LogP contribution in [0, 0.1) is 0 Å². The summed E-state index contributed by atoms with van der Waals surface area (Å²) in [6.45, 7) is 0. The van der Waals surface area contributed by atoms with Crippen LogP contribution in [0.25, 0.3) is 0 Å². The number of carboxylic acids is 1. The molecule has 0 unspecified atom stereocenters. The maximum Gasteiger partial charge on any atom is 0.320 e. The Kier molecular flexibility index (Phi) is 6.12. The van der Waals surface area contributed by atoms with Gasteiger partial charge in [-0.3, -0.25) is 4.79 Å². The number of aliphatic carboxylic acids is 1. The Balaban J connectivity index is 2.36. The van der Waals surface area contributed by atoms with Crippen LogP contribution in [0.5, 0.6) is 0 Å². The predicted octanol–water partition coefficient (Wildman–Crippen LogP) is 3.03. The maximum atomic E-state index is 10.5. The number of nitrogens with two attached hydrogens (primary N) is 1. The Morgan fingerprint density at radius 1 is 1.47 bits per heavy atom. The monoisotopic (exact) mass is 293 g/mol. The normalized spacial score (nSPS) is 12.4. The van der Waals surface area contributed by atoms with Crippen LogP contribution in [-0.4, -0.2) is 22.9 Å². The van der Waals surface area contributed by atoms with E-state index in [2.05, 4.69) is 0 Å². The Hall–Kier alpha value is -0.420. The van der Waals surface area contributed by atoms with Gasteiger partial charge in [0.15, 0.2) is 0 Å². The van der Waals surface area contributed by atoms with E-state index in [0.717, 1.165) is 5.56 Å². The third-order valence-corrected chi connectivity index (χ3v) is 4.08. The van der Waals surface area contributed by atoms with Gasteiger partial charge in [-0.25, -0.2) is 0 Å². The minimum absolute atomic E-state index is 0.443. The molecule has 94 valence electrons. The second-order valence-corrected chi connectivity index (χ2v) is 5.39. The summed E-state index contributed by atoms with van der Waals surface area (Å²) in [5.74, 6) is 0.411. The highest BCUT2D eigenvalue weighted by Crippen LogP contribution is 2.28. The van der Waals surface area contributed by atoms with Crippen molar-refractivity contribution in [1.29, 1.82) is 0 Å². The largest absolute Gasteiger partial charge is 0.480 e. The zero-order chi connectivity index (χ0) is 12.8. The molecule has 0 aromatic heterocycles. The van der Waals surface area contributed by atoms with Crippen LogP contribution in [0.15, 0.2) is 18.2 Å². The maximum absolute atomic E-state index is 10.5. The van der Waals surface area contributed by atoms with Crippen LogP contribution >= 0.6 is 35.0 Å². The fourth-order valence-corrected chi connectivity index (χ4v) is 2.67. The van der Waals surface area contributed by atoms with E-state index in [9.17, 15) is 4.79 Å². The van der Waals surface area contributed by atoms with Gasteiger partial charge in [0.2, 0.25) is 0 Å². The van der Waals surface area contributed by atoms with Crippen LogP contribution < -0.4 is 5.73 Å². The van der Waals surface area contributed by atoms with Gasteiger partial charge in [-0.1, -0.05) is 35.3 Å². The standard InChI is InChI=1S/C11H13Cl2NO2S/c12-8-3-1-2-7(10(8)13)6-17-5-4-9(14)11(15)16/h1-3,9H,4-6,14H2,(H,15,16)/t9-/m0/s1. The van der Waals surface area contributed by atoms with Crippen molar-refractivity contribution in [3.8, 4) is 0 Å². The van der Waals surface area contributed by atoms with Gasteiger partial charge in [-0.2, -0.15) is 11.8 Å². The molecule has 0 fully saturated rings. The molecule has 0 bridgehead atoms. The molecule has 0 saturated heterocycles. The summed E-state index contributed by atoms with van der Waals surface area (Å²) in [6.07, 6.45) is 0.443. The van der Waals surface area contributed by atoms with Crippen molar-refractivity contribution in [1.82, 2.24) is 0 Å². The van der Waals surface area contributed by atoms with Crippen molar-refractivity contribution in [2.75, 3.05) is 5.75 Å². The lowest BCUT2D eigenvalue weighted by molar-refractivity contribution is -0.138. The molecule has 1 aromatic rings. The molecule has 0 aliphatic carbocycles. The van der Waals surface area contributed by atoms with Crippen LogP contribution in [0.2, 0.25) is 10.0 Å². The molecule has 17 heavy (non-hydrogen) atoms. The van der Waals surface area contributed by atoms with Gasteiger partial charge in [-0.15, -0.1) is 0 Å². The molecule has 0 aliphatic rings. The van der Waals surface area contributed by atoms with E-state index >= 15 is 0 Å². The summed E-state index contributed by atoms with van der Waals surface area (Å²) in [5.41, 5.74) is 6.34. The summed E-state index contributed by atoms with van der Waals surface area (Å²) in [4.78, 5) is 10.5. The highest BCUT2D eigenvalue weighted by atomic mass is 35.5. The van der Waals surface area contributed by atoms with Gasteiger partial charge in [0.1, 0.15) is 6.04 Å². The smallest absolute Gasteiger partial charge is 0.320 e. The van der Waals surface area contributed by atoms with Crippen molar-refractivity contribution >= 4 is 40.9 Å². The summed E-state index contributed by atoms with van der Waals surface area (Å²) < 4.78 is 0. The summed E-state index contributed by atoms with van der Waals surface area (Å²) >= 11 is 13.5. The van der Waals surface area contributed by atoms with Gasteiger partial charge in [0.25, 0.3) is 0 Å². The van der Waals surface area contributed by atoms with E-state index in [0.29, 0.717) is 28.0 Å². The zero-order valence-electron chi connectivity index (χ0n) is 9.03. The molecule has 0 radical (unpaired) electrons. The lowest BCUT2D eigenvalue weighted by Crippen LogP contribution is -2.30. The summed E-state index contributed by atoms with van der Waals surface area (Å²) in [7, 11) is 0. The second-order valence-electron chi connectivity index (χ2n) is 3.50. The molecule has 0 spiro atoms. The molecular weight excluding hydrogens is 281 g/mol. The molecule has 3 nitrogen and oxygen atoms in total. The van der Waals surface area contributed by atoms with Gasteiger partial charge in [-0.05, 0) is 23.8 Å².